The standard InChI is InChI=1S/C23H19NO3/c1-15-22(20-9-5-6-10-21(20)24-15)18-7-3-4-8-19(18)23(25)27-17-13-11-16(26-2)12-14-17/h3-14,24H,1-2H3. The van der Waals surface area contributed by atoms with Crippen LogP contribution in [-0.4, -0.2) is 18.1 Å². The first kappa shape index (κ1) is 16.9. The van der Waals surface area contributed by atoms with Gasteiger partial charge >= 0.3 is 5.97 Å². The molecule has 0 aliphatic carbocycles. The Kier molecular flexibility index (Phi) is 4.38. The Morgan fingerprint density at radius 3 is 2.30 bits per heavy atom. The van der Waals surface area contributed by atoms with Crippen LogP contribution in [0.15, 0.2) is 72.8 Å². The fourth-order valence-corrected chi connectivity index (χ4v) is 3.31. The summed E-state index contributed by atoms with van der Waals surface area (Å²) < 4.78 is 10.7. The molecule has 0 aliphatic heterocycles. The van der Waals surface area contributed by atoms with E-state index in [1.54, 1.807) is 37.4 Å². The van der Waals surface area contributed by atoms with Gasteiger partial charge in [-0.15, -0.1) is 0 Å². The van der Waals surface area contributed by atoms with E-state index in [2.05, 4.69) is 11.1 Å². The second-order valence-electron chi connectivity index (χ2n) is 6.28. The number of nitrogens with one attached hydrogen (secondary N) is 1. The van der Waals surface area contributed by atoms with E-state index in [-0.39, 0.29) is 5.97 Å². The summed E-state index contributed by atoms with van der Waals surface area (Å²) in [6, 6.07) is 22.6. The van der Waals surface area contributed by atoms with E-state index in [0.717, 1.165) is 27.7 Å². The van der Waals surface area contributed by atoms with E-state index in [0.29, 0.717) is 17.1 Å². The van der Waals surface area contributed by atoms with E-state index >= 15 is 0 Å². The van der Waals surface area contributed by atoms with E-state index in [1.807, 2.05) is 43.3 Å². The zero-order valence-electron chi connectivity index (χ0n) is 15.2. The van der Waals surface area contributed by atoms with Crippen molar-refractivity contribution in [1.29, 1.82) is 0 Å². The van der Waals surface area contributed by atoms with Gasteiger partial charge in [0.25, 0.3) is 0 Å². The lowest BCUT2D eigenvalue weighted by Gasteiger charge is -2.10. The van der Waals surface area contributed by atoms with Gasteiger partial charge in [0.1, 0.15) is 11.5 Å². The Hall–Kier alpha value is -3.53. The van der Waals surface area contributed by atoms with Crippen molar-refractivity contribution >= 4 is 16.9 Å². The van der Waals surface area contributed by atoms with Crippen molar-refractivity contribution in [3.05, 3.63) is 84.1 Å². The lowest BCUT2D eigenvalue weighted by Crippen LogP contribution is -2.10. The van der Waals surface area contributed by atoms with Gasteiger partial charge in [-0.3, -0.25) is 0 Å². The summed E-state index contributed by atoms with van der Waals surface area (Å²) in [5.41, 5.74) is 4.46. The third kappa shape index (κ3) is 3.17. The molecule has 4 aromatic rings. The van der Waals surface area contributed by atoms with E-state index in [9.17, 15) is 4.79 Å². The number of aromatic amines is 1. The number of methoxy groups -OCH3 is 1. The molecule has 0 radical (unpaired) electrons. The van der Waals surface area contributed by atoms with E-state index < -0.39 is 0 Å². The summed E-state index contributed by atoms with van der Waals surface area (Å²) in [4.78, 5) is 16.3. The molecular weight excluding hydrogens is 338 g/mol. The zero-order valence-corrected chi connectivity index (χ0v) is 15.2. The van der Waals surface area contributed by atoms with Crippen molar-refractivity contribution in [3.63, 3.8) is 0 Å². The minimum Gasteiger partial charge on any atom is -0.497 e. The van der Waals surface area contributed by atoms with Gasteiger partial charge in [0.15, 0.2) is 0 Å². The average molecular weight is 357 g/mol. The maximum absolute atomic E-state index is 12.9. The van der Waals surface area contributed by atoms with Crippen LogP contribution in [0.2, 0.25) is 0 Å². The molecule has 0 amide bonds. The van der Waals surface area contributed by atoms with Gasteiger partial charge in [-0.05, 0) is 48.9 Å². The molecule has 4 nitrogen and oxygen atoms in total. The Balaban J connectivity index is 1.74. The molecule has 1 heterocycles. The highest BCUT2D eigenvalue weighted by atomic mass is 16.5. The summed E-state index contributed by atoms with van der Waals surface area (Å²) in [5, 5.41) is 1.08. The van der Waals surface area contributed by atoms with Gasteiger partial charge in [0, 0.05) is 22.2 Å². The normalized spacial score (nSPS) is 10.7. The van der Waals surface area contributed by atoms with Gasteiger partial charge in [-0.1, -0.05) is 36.4 Å². The number of esters is 1. The number of carbonyl (C=O) groups excluding carboxylic acids is 1. The Morgan fingerprint density at radius 1 is 0.852 bits per heavy atom. The van der Waals surface area contributed by atoms with Crippen LogP contribution in [0.3, 0.4) is 0 Å². The molecule has 4 rings (SSSR count). The number of rotatable bonds is 4. The van der Waals surface area contributed by atoms with Crippen LogP contribution in [0.1, 0.15) is 16.1 Å². The number of carbonyl (C=O) groups is 1. The molecule has 0 saturated carbocycles. The molecular formula is C23H19NO3. The largest absolute Gasteiger partial charge is 0.497 e. The number of H-pyrrole nitrogens is 1. The van der Waals surface area contributed by atoms with Crippen molar-refractivity contribution in [2.24, 2.45) is 0 Å². The first-order valence-electron chi connectivity index (χ1n) is 8.70. The van der Waals surface area contributed by atoms with Crippen molar-refractivity contribution < 1.29 is 14.3 Å². The molecule has 0 fully saturated rings. The third-order valence-corrected chi connectivity index (χ3v) is 4.58. The van der Waals surface area contributed by atoms with Crippen LogP contribution in [0.5, 0.6) is 11.5 Å². The maximum Gasteiger partial charge on any atom is 0.344 e. The first-order chi connectivity index (χ1) is 13.2. The van der Waals surface area contributed by atoms with Gasteiger partial charge in [-0.25, -0.2) is 4.79 Å². The highest BCUT2D eigenvalue weighted by Crippen LogP contribution is 2.34. The lowest BCUT2D eigenvalue weighted by atomic mass is 9.97. The minimum absolute atomic E-state index is 0.388. The lowest BCUT2D eigenvalue weighted by molar-refractivity contribution is 0.0735. The number of hydrogen-bond donors (Lipinski definition) is 1. The number of aryl methyl sites for hydroxylation is 1. The fourth-order valence-electron chi connectivity index (χ4n) is 3.31. The molecule has 4 heteroatoms. The van der Waals surface area contributed by atoms with Crippen LogP contribution in [0.4, 0.5) is 0 Å². The molecule has 1 N–H and O–H groups in total. The van der Waals surface area contributed by atoms with Crippen molar-refractivity contribution in [2.75, 3.05) is 7.11 Å². The molecule has 27 heavy (non-hydrogen) atoms. The first-order valence-corrected chi connectivity index (χ1v) is 8.70. The number of aromatic nitrogens is 1. The zero-order chi connectivity index (χ0) is 18.8. The third-order valence-electron chi connectivity index (χ3n) is 4.58. The van der Waals surface area contributed by atoms with Gasteiger partial charge in [0.2, 0.25) is 0 Å². The molecule has 0 unspecified atom stereocenters. The number of ether oxygens (including phenoxy) is 2. The van der Waals surface area contributed by atoms with Gasteiger partial charge in [-0.2, -0.15) is 0 Å². The van der Waals surface area contributed by atoms with Crippen LogP contribution in [0, 0.1) is 6.92 Å². The number of para-hydroxylation sites is 1. The Labute approximate surface area is 157 Å². The molecule has 3 aromatic carbocycles. The Morgan fingerprint density at radius 2 is 1.52 bits per heavy atom. The van der Waals surface area contributed by atoms with Gasteiger partial charge < -0.3 is 14.5 Å². The molecule has 0 bridgehead atoms. The highest BCUT2D eigenvalue weighted by Gasteiger charge is 2.19. The smallest absolute Gasteiger partial charge is 0.344 e. The predicted octanol–water partition coefficient (Wildman–Crippen LogP) is 5.37. The average Bonchev–Trinajstić information content (AvgIpc) is 3.04. The number of hydrogen-bond acceptors (Lipinski definition) is 3. The SMILES string of the molecule is COc1ccc(OC(=O)c2ccccc2-c2c(C)[nH]c3ccccc23)cc1. The number of fused-ring (bicyclic) bond motifs is 1. The highest BCUT2D eigenvalue weighted by molar-refractivity contribution is 6.05. The van der Waals surface area contributed by atoms with E-state index in [4.69, 9.17) is 9.47 Å². The number of benzene rings is 3. The summed E-state index contributed by atoms with van der Waals surface area (Å²) in [6.45, 7) is 2.01. The second-order valence-corrected chi connectivity index (χ2v) is 6.28. The van der Waals surface area contributed by atoms with Crippen molar-refractivity contribution in [1.82, 2.24) is 4.98 Å². The molecule has 0 spiro atoms. The van der Waals surface area contributed by atoms with Crippen LogP contribution >= 0.6 is 0 Å². The van der Waals surface area contributed by atoms with Crippen LogP contribution in [0.25, 0.3) is 22.0 Å². The van der Waals surface area contributed by atoms with Crippen LogP contribution < -0.4 is 9.47 Å². The van der Waals surface area contributed by atoms with Gasteiger partial charge in [0.05, 0.1) is 12.7 Å². The monoisotopic (exact) mass is 357 g/mol. The maximum atomic E-state index is 12.9. The Bertz CT molecular complexity index is 1110. The molecule has 0 aliphatic rings. The summed E-state index contributed by atoms with van der Waals surface area (Å²) in [5.74, 6) is 0.802. The molecule has 0 atom stereocenters. The van der Waals surface area contributed by atoms with E-state index in [1.165, 1.54) is 0 Å². The van der Waals surface area contributed by atoms with Crippen molar-refractivity contribution in [3.8, 4) is 22.6 Å². The van der Waals surface area contributed by atoms with Crippen LogP contribution in [-0.2, 0) is 0 Å². The quantitative estimate of drug-likeness (QED) is 0.394. The summed E-state index contributed by atoms with van der Waals surface area (Å²) in [7, 11) is 1.60. The molecule has 1 aromatic heterocycles. The minimum atomic E-state index is -0.388. The topological polar surface area (TPSA) is 51.3 Å². The molecule has 0 saturated heterocycles. The van der Waals surface area contributed by atoms with Crippen molar-refractivity contribution in [2.45, 2.75) is 6.92 Å². The summed E-state index contributed by atoms with van der Waals surface area (Å²) >= 11 is 0. The predicted molar refractivity (Wildman–Crippen MR) is 106 cm³/mol. The molecule has 134 valence electrons. The summed E-state index contributed by atoms with van der Waals surface area (Å²) in [6.07, 6.45) is 0. The second kappa shape index (κ2) is 7.00. The fraction of sp³-hybridized carbons (Fsp3) is 0.0870.